The summed E-state index contributed by atoms with van der Waals surface area (Å²) in [6, 6.07) is 8.49. The maximum Gasteiger partial charge on any atom is 0.338 e. The predicted molar refractivity (Wildman–Crippen MR) is 218 cm³/mol. The number of fused-ring (bicyclic) bond motifs is 1. The van der Waals surface area contributed by atoms with Gasteiger partial charge in [-0.3, -0.25) is 0 Å². The third-order valence-corrected chi connectivity index (χ3v) is 10.6. The number of phenols is 17. The Morgan fingerprint density at radius 1 is 0.515 bits per heavy atom. The second kappa shape index (κ2) is 16.7. The molecule has 0 radical (unpaired) electrons. The van der Waals surface area contributed by atoms with Gasteiger partial charge in [0.2, 0.25) is 0 Å². The summed E-state index contributed by atoms with van der Waals surface area (Å²) in [4.78, 5) is 27.6. The highest BCUT2D eigenvalue weighted by Gasteiger charge is 2.43. The average Bonchev–Trinajstić information content (AvgIpc) is 3.24. The van der Waals surface area contributed by atoms with Gasteiger partial charge in [0, 0.05) is 53.3 Å². The molecular formula is C44H36O22. The lowest BCUT2D eigenvalue weighted by molar-refractivity contribution is -0.0197. The van der Waals surface area contributed by atoms with Crippen LogP contribution < -0.4 is 4.74 Å². The monoisotopic (exact) mass is 916 g/mol. The van der Waals surface area contributed by atoms with Crippen LogP contribution in [-0.4, -0.2) is 111 Å². The number of carbonyl (C=O) groups is 2. The van der Waals surface area contributed by atoms with E-state index in [9.17, 15) is 96.4 Å². The number of rotatable bonds is 10. The smallest absolute Gasteiger partial charge is 0.338 e. The number of phenolic OH excluding ortho intramolecular Hbond substituents is 17. The molecule has 0 aromatic heterocycles. The first-order chi connectivity index (χ1) is 31.0. The van der Waals surface area contributed by atoms with Gasteiger partial charge in [-0.05, 0) is 54.1 Å². The van der Waals surface area contributed by atoms with Crippen LogP contribution in [0.25, 0.3) is 0 Å². The molecule has 0 spiro atoms. The second-order valence-electron chi connectivity index (χ2n) is 15.0. The molecule has 0 bridgehead atoms. The highest BCUT2D eigenvalue weighted by Crippen LogP contribution is 2.54. The van der Waals surface area contributed by atoms with Crippen LogP contribution in [0.3, 0.4) is 0 Å². The summed E-state index contributed by atoms with van der Waals surface area (Å²) in [6.07, 6.45) is -6.91. The van der Waals surface area contributed by atoms with Gasteiger partial charge in [0.15, 0.2) is 75.1 Å². The van der Waals surface area contributed by atoms with Crippen LogP contribution in [0.5, 0.6) is 103 Å². The second-order valence-corrected chi connectivity index (χ2v) is 15.0. The summed E-state index contributed by atoms with van der Waals surface area (Å²) in [6.45, 7) is 0. The molecule has 6 aromatic carbocycles. The standard InChI is InChI=1S/C44H36O22/c45-18-9-21(46)19(22(47)10-18)11-33(64-43(62)16-5-29(54)39(60)30(55)6-16)35(14-1-25(50)37(58)26(51)2-14)36-24(49)13-23(48)20-12-34(65-44(63)17-7-31(56)40(61)32(57)8-17)41(66-42(20)36)15-3-27(52)38(59)28(53)4-15/h1-10,13,33-35,41,45-61H,11-12H2/t33-,34-,35+,41-/m1/s1. The van der Waals surface area contributed by atoms with Crippen molar-refractivity contribution in [2.24, 2.45) is 0 Å². The van der Waals surface area contributed by atoms with Crippen molar-refractivity contribution in [2.45, 2.75) is 37.1 Å². The van der Waals surface area contributed by atoms with Gasteiger partial charge < -0.3 is 101 Å². The molecule has 4 atom stereocenters. The normalized spacial score (nSPS) is 15.2. The quantitative estimate of drug-likeness (QED) is 0.0676. The van der Waals surface area contributed by atoms with Crippen LogP contribution in [0.2, 0.25) is 0 Å². The average molecular weight is 917 g/mol. The van der Waals surface area contributed by atoms with Gasteiger partial charge in [-0.1, -0.05) is 0 Å². The van der Waals surface area contributed by atoms with Crippen LogP contribution in [0, 0.1) is 0 Å². The molecule has 66 heavy (non-hydrogen) atoms. The minimum absolute atomic E-state index is 0.276. The molecule has 0 aliphatic carbocycles. The Morgan fingerprint density at radius 2 is 0.955 bits per heavy atom. The van der Waals surface area contributed by atoms with E-state index in [-0.39, 0.29) is 16.7 Å². The molecule has 0 saturated carbocycles. The number of aromatic hydroxyl groups is 17. The van der Waals surface area contributed by atoms with Crippen LogP contribution in [0.4, 0.5) is 0 Å². The Hall–Kier alpha value is -9.34. The molecule has 7 rings (SSSR count). The molecule has 1 heterocycles. The highest BCUT2D eigenvalue weighted by molar-refractivity contribution is 5.92. The summed E-state index contributed by atoms with van der Waals surface area (Å²) < 4.78 is 18.0. The predicted octanol–water partition coefficient (Wildman–Crippen LogP) is 4.18. The molecule has 6 aromatic rings. The van der Waals surface area contributed by atoms with Crippen molar-refractivity contribution in [3.63, 3.8) is 0 Å². The Labute approximate surface area is 368 Å². The van der Waals surface area contributed by atoms with Gasteiger partial charge in [0.1, 0.15) is 46.7 Å². The lowest BCUT2D eigenvalue weighted by atomic mass is 9.80. The summed E-state index contributed by atoms with van der Waals surface area (Å²) in [5, 5.41) is 179. The summed E-state index contributed by atoms with van der Waals surface area (Å²) in [5.74, 6) is -21.0. The third-order valence-electron chi connectivity index (χ3n) is 10.6. The molecule has 22 nitrogen and oxygen atoms in total. The highest BCUT2D eigenvalue weighted by atomic mass is 16.6. The first kappa shape index (κ1) is 44.7. The lowest BCUT2D eigenvalue weighted by Crippen LogP contribution is -2.36. The molecule has 1 aliphatic heterocycles. The SMILES string of the molecule is O=C(O[C@H](Cc1c(O)cc(O)cc1O)[C@H](c1cc(O)c(O)c(O)c1)c1c(O)cc(O)c2c1O[C@H](c1cc(O)c(O)c(O)c1)[C@H](OC(=O)c1cc(O)c(O)c(O)c1)C2)c1cc(O)c(O)c(O)c1. The van der Waals surface area contributed by atoms with E-state index in [0.717, 1.165) is 54.6 Å². The molecule has 17 N–H and O–H groups in total. The summed E-state index contributed by atoms with van der Waals surface area (Å²) in [5.41, 5.74) is -3.16. The Balaban J connectivity index is 1.48. The number of ether oxygens (including phenoxy) is 3. The molecule has 344 valence electrons. The molecule has 1 aliphatic rings. The van der Waals surface area contributed by atoms with Crippen LogP contribution in [-0.2, 0) is 22.3 Å². The van der Waals surface area contributed by atoms with Crippen LogP contribution >= 0.6 is 0 Å². The lowest BCUT2D eigenvalue weighted by Gasteiger charge is -2.37. The van der Waals surface area contributed by atoms with E-state index in [0.29, 0.717) is 12.1 Å². The Kier molecular flexibility index (Phi) is 11.3. The van der Waals surface area contributed by atoms with E-state index in [4.69, 9.17) is 14.2 Å². The molecule has 0 saturated heterocycles. The fraction of sp³-hybridized carbons (Fsp3) is 0.136. The number of esters is 2. The zero-order valence-electron chi connectivity index (χ0n) is 33.2. The van der Waals surface area contributed by atoms with Gasteiger partial charge >= 0.3 is 11.9 Å². The van der Waals surface area contributed by atoms with Gasteiger partial charge in [-0.2, -0.15) is 0 Å². The van der Waals surface area contributed by atoms with Crippen molar-refractivity contribution in [3.8, 4) is 103 Å². The van der Waals surface area contributed by atoms with Gasteiger partial charge in [-0.15, -0.1) is 0 Å². The van der Waals surface area contributed by atoms with Crippen molar-refractivity contribution in [3.05, 3.63) is 106 Å². The maximum absolute atomic E-state index is 14.0. The molecule has 0 fully saturated rings. The van der Waals surface area contributed by atoms with Crippen molar-refractivity contribution in [1.82, 2.24) is 0 Å². The van der Waals surface area contributed by atoms with Crippen molar-refractivity contribution in [2.75, 3.05) is 0 Å². The Morgan fingerprint density at radius 3 is 1.44 bits per heavy atom. The van der Waals surface area contributed by atoms with E-state index in [1.807, 2.05) is 0 Å². The van der Waals surface area contributed by atoms with Gasteiger partial charge in [-0.25, -0.2) is 9.59 Å². The van der Waals surface area contributed by atoms with E-state index in [2.05, 4.69) is 0 Å². The number of hydrogen-bond acceptors (Lipinski definition) is 22. The van der Waals surface area contributed by atoms with Crippen molar-refractivity contribution >= 4 is 11.9 Å². The third kappa shape index (κ3) is 8.19. The zero-order valence-corrected chi connectivity index (χ0v) is 33.2. The van der Waals surface area contributed by atoms with Gasteiger partial charge in [0.05, 0.1) is 17.0 Å². The van der Waals surface area contributed by atoms with Gasteiger partial charge in [0.25, 0.3) is 0 Å². The minimum atomic E-state index is -1.99. The molecule has 22 heteroatoms. The molecular weight excluding hydrogens is 880 g/mol. The fourth-order valence-electron chi connectivity index (χ4n) is 7.50. The van der Waals surface area contributed by atoms with Crippen LogP contribution in [0.15, 0.2) is 66.7 Å². The number of benzene rings is 6. The van der Waals surface area contributed by atoms with E-state index < -0.39 is 175 Å². The van der Waals surface area contributed by atoms with E-state index in [1.165, 1.54) is 0 Å². The summed E-state index contributed by atoms with van der Waals surface area (Å²) >= 11 is 0. The van der Waals surface area contributed by atoms with E-state index in [1.54, 1.807) is 0 Å². The van der Waals surface area contributed by atoms with Crippen LogP contribution in [0.1, 0.15) is 60.6 Å². The van der Waals surface area contributed by atoms with Crippen molar-refractivity contribution in [1.29, 1.82) is 0 Å². The zero-order chi connectivity index (χ0) is 48.2. The fourth-order valence-corrected chi connectivity index (χ4v) is 7.50. The summed E-state index contributed by atoms with van der Waals surface area (Å²) in [7, 11) is 0. The molecule has 0 amide bonds. The topological polar surface area (TPSA) is 406 Å². The number of carbonyl (C=O) groups excluding carboxylic acids is 2. The van der Waals surface area contributed by atoms with E-state index >= 15 is 0 Å². The largest absolute Gasteiger partial charge is 0.508 e. The number of hydrogen-bond donors (Lipinski definition) is 17. The maximum atomic E-state index is 14.0. The van der Waals surface area contributed by atoms with Crippen molar-refractivity contribution < 1.29 is 111 Å². The Bertz CT molecular complexity index is 2850. The minimum Gasteiger partial charge on any atom is -0.508 e. The first-order valence-corrected chi connectivity index (χ1v) is 18.9. The first-order valence-electron chi connectivity index (χ1n) is 18.9. The molecule has 0 unspecified atom stereocenters.